The van der Waals surface area contributed by atoms with Crippen molar-refractivity contribution in [3.8, 4) is 0 Å². The summed E-state index contributed by atoms with van der Waals surface area (Å²) in [7, 11) is 1.28. The van der Waals surface area contributed by atoms with Gasteiger partial charge in [-0.15, -0.1) is 23.1 Å². The second kappa shape index (κ2) is 9.60. The number of β-lactam (4-membered cyclic amide) rings is 1. The van der Waals surface area contributed by atoms with E-state index in [4.69, 9.17) is 10.6 Å². The first-order valence-electron chi connectivity index (χ1n) is 11.1. The molecule has 2 amide bonds. The van der Waals surface area contributed by atoms with E-state index in [0.29, 0.717) is 24.0 Å². The fraction of sp³-hybridized carbons (Fsp3) is 0.381. The number of aliphatic imine (C=N–C) groups is 2. The molecular weight excluding hydrogens is 522 g/mol. The fourth-order valence-corrected chi connectivity index (χ4v) is 6.35. The Kier molecular flexibility index (Phi) is 6.47. The number of aromatic nitrogens is 1. The standard InChI is InChI=1S/C21H23N9O5S2/c1-9-4-10(2)30-21(24-9)23-8-28(30)5-11-6-36-18-14(17(32)29(18)15(11)19(33)34)26-16(31)13(27-35-3)12-7-37-20(22)25-12/h4,7,14,18H,5-6,8H2,1-3H3,(H2,22,25)(H,26,31)(H,33,34)/b27-13-/t14-,18+/m1/s1. The number of amides is 2. The van der Waals surface area contributed by atoms with Crippen molar-refractivity contribution in [3.63, 3.8) is 0 Å². The Morgan fingerprint density at radius 1 is 1.38 bits per heavy atom. The number of nitrogens with two attached hydrogens (primary N) is 1. The molecule has 0 unspecified atom stereocenters. The molecule has 4 aliphatic heterocycles. The Hall–Kier alpha value is -3.76. The zero-order valence-electron chi connectivity index (χ0n) is 20.0. The molecule has 16 heteroatoms. The predicted octanol–water partition coefficient (Wildman–Crippen LogP) is 0.0388. The van der Waals surface area contributed by atoms with Gasteiger partial charge in [0, 0.05) is 29.1 Å². The van der Waals surface area contributed by atoms with Gasteiger partial charge in [-0.25, -0.2) is 24.8 Å². The number of nitrogens with zero attached hydrogens (tertiary/aromatic N) is 7. The molecule has 0 aromatic carbocycles. The zero-order valence-corrected chi connectivity index (χ0v) is 21.7. The second-order valence-corrected chi connectivity index (χ2v) is 10.4. The molecule has 4 aliphatic rings. The van der Waals surface area contributed by atoms with Gasteiger partial charge in [0.25, 0.3) is 11.8 Å². The highest BCUT2D eigenvalue weighted by molar-refractivity contribution is 8.00. The Balaban J connectivity index is 1.33. The van der Waals surface area contributed by atoms with Gasteiger partial charge in [-0.2, -0.15) is 5.01 Å². The number of nitrogen functional groups attached to an aromatic ring is 1. The Labute approximate surface area is 219 Å². The number of anilines is 1. The molecular formula is C21H23N9O5S2. The molecule has 4 N–H and O–H groups in total. The third kappa shape index (κ3) is 4.36. The smallest absolute Gasteiger partial charge is 0.352 e. The van der Waals surface area contributed by atoms with Crippen molar-refractivity contribution in [1.82, 2.24) is 25.2 Å². The summed E-state index contributed by atoms with van der Waals surface area (Å²) in [6, 6.07) is -0.933. The van der Waals surface area contributed by atoms with Crippen LogP contribution in [0.3, 0.4) is 0 Å². The number of carbonyl (C=O) groups excluding carboxylic acids is 2. The topological polar surface area (TPSA) is 178 Å². The third-order valence-electron chi connectivity index (χ3n) is 5.95. The number of carbonyl (C=O) groups is 3. The third-order valence-corrected chi connectivity index (χ3v) is 7.96. The number of oxime groups is 1. The van der Waals surface area contributed by atoms with E-state index in [1.54, 1.807) is 5.38 Å². The maximum atomic E-state index is 13.1. The minimum absolute atomic E-state index is 0.0796. The first-order chi connectivity index (χ1) is 17.7. The first kappa shape index (κ1) is 24.9. The lowest BCUT2D eigenvalue weighted by Gasteiger charge is -2.49. The Bertz CT molecular complexity index is 1350. The summed E-state index contributed by atoms with van der Waals surface area (Å²) in [6.07, 6.45) is 1.92. The van der Waals surface area contributed by atoms with E-state index in [-0.39, 0.29) is 28.8 Å². The lowest BCUT2D eigenvalue weighted by molar-refractivity contribution is -0.150. The van der Waals surface area contributed by atoms with Gasteiger partial charge in [-0.05, 0) is 25.5 Å². The summed E-state index contributed by atoms with van der Waals surface area (Å²) < 4.78 is 0. The van der Waals surface area contributed by atoms with Gasteiger partial charge < -0.3 is 21.0 Å². The van der Waals surface area contributed by atoms with Crippen LogP contribution in [-0.2, 0) is 19.2 Å². The number of guanidine groups is 1. The number of hydrogen-bond acceptors (Lipinski definition) is 13. The molecule has 1 aromatic heterocycles. The molecule has 37 heavy (non-hydrogen) atoms. The number of carboxylic acid groups (broad SMARTS) is 1. The first-order valence-corrected chi connectivity index (χ1v) is 13.0. The average molecular weight is 546 g/mol. The molecule has 2 atom stereocenters. The number of thiazole rings is 1. The van der Waals surface area contributed by atoms with Gasteiger partial charge in [0.05, 0.1) is 0 Å². The second-order valence-electron chi connectivity index (χ2n) is 8.43. The van der Waals surface area contributed by atoms with Crippen LogP contribution in [-0.4, -0.2) is 97.7 Å². The quantitative estimate of drug-likeness (QED) is 0.241. The number of allylic oxidation sites excluding steroid dienone is 2. The maximum absolute atomic E-state index is 13.1. The minimum atomic E-state index is -1.21. The van der Waals surface area contributed by atoms with Gasteiger partial charge >= 0.3 is 5.97 Å². The number of thioether (sulfide) groups is 1. The number of hydrazine groups is 1. The normalized spacial score (nSPS) is 23.6. The summed E-state index contributed by atoms with van der Waals surface area (Å²) in [4.78, 5) is 57.2. The largest absolute Gasteiger partial charge is 0.477 e. The molecule has 5 rings (SSSR count). The summed E-state index contributed by atoms with van der Waals surface area (Å²) in [6.45, 7) is 4.38. The highest BCUT2D eigenvalue weighted by Gasteiger charge is 2.54. The van der Waals surface area contributed by atoms with Crippen molar-refractivity contribution < 1.29 is 24.3 Å². The molecule has 0 spiro atoms. The lowest BCUT2D eigenvalue weighted by Crippen LogP contribution is -2.71. The SMILES string of the molecule is CO/N=C(\C(=O)N[C@@H]1C(=O)N2C(C(=O)O)=C(CN3CN=C4N=C(C)C=C(C)N43)CS[C@@H]12)c1csc(N)n1. The average Bonchev–Trinajstić information content (AvgIpc) is 3.46. The van der Waals surface area contributed by atoms with Crippen molar-refractivity contribution in [2.24, 2.45) is 15.1 Å². The molecule has 0 radical (unpaired) electrons. The number of fused-ring (bicyclic) bond motifs is 2. The van der Waals surface area contributed by atoms with Crippen LogP contribution < -0.4 is 11.1 Å². The van der Waals surface area contributed by atoms with E-state index in [9.17, 15) is 19.5 Å². The molecule has 0 aliphatic carbocycles. The van der Waals surface area contributed by atoms with Gasteiger partial charge in [0.15, 0.2) is 10.8 Å². The minimum Gasteiger partial charge on any atom is -0.477 e. The van der Waals surface area contributed by atoms with Crippen LogP contribution in [0.2, 0.25) is 0 Å². The van der Waals surface area contributed by atoms with Crippen molar-refractivity contribution in [3.05, 3.63) is 34.1 Å². The van der Waals surface area contributed by atoms with E-state index in [0.717, 1.165) is 22.7 Å². The monoisotopic (exact) mass is 545 g/mol. The van der Waals surface area contributed by atoms with Crippen LogP contribution in [0, 0.1) is 0 Å². The predicted molar refractivity (Wildman–Crippen MR) is 137 cm³/mol. The molecule has 194 valence electrons. The highest BCUT2D eigenvalue weighted by atomic mass is 32.2. The van der Waals surface area contributed by atoms with Crippen LogP contribution in [0.4, 0.5) is 5.13 Å². The van der Waals surface area contributed by atoms with Gasteiger partial charge in [-0.1, -0.05) is 5.16 Å². The zero-order chi connectivity index (χ0) is 26.4. The lowest BCUT2D eigenvalue weighted by atomic mass is 10.0. The number of aliphatic carboxylic acids is 1. The van der Waals surface area contributed by atoms with Crippen LogP contribution in [0.25, 0.3) is 0 Å². The summed E-state index contributed by atoms with van der Waals surface area (Å²) in [5.74, 6) is -1.51. The number of carboxylic acids is 1. The van der Waals surface area contributed by atoms with Crippen LogP contribution in [0.5, 0.6) is 0 Å². The Morgan fingerprint density at radius 2 is 2.16 bits per heavy atom. The molecule has 1 aromatic rings. The van der Waals surface area contributed by atoms with E-state index in [2.05, 4.69) is 25.4 Å². The van der Waals surface area contributed by atoms with E-state index in [1.807, 2.05) is 29.9 Å². The van der Waals surface area contributed by atoms with Crippen molar-refractivity contribution in [2.75, 3.05) is 31.8 Å². The fourth-order valence-electron chi connectivity index (χ4n) is 4.47. The number of hydrogen-bond donors (Lipinski definition) is 3. The van der Waals surface area contributed by atoms with Crippen LogP contribution >= 0.6 is 23.1 Å². The Morgan fingerprint density at radius 3 is 2.84 bits per heavy atom. The number of rotatable bonds is 7. The van der Waals surface area contributed by atoms with Crippen molar-refractivity contribution in [1.29, 1.82) is 0 Å². The molecule has 5 heterocycles. The van der Waals surface area contributed by atoms with E-state index >= 15 is 0 Å². The summed E-state index contributed by atoms with van der Waals surface area (Å²) in [5.41, 5.74) is 7.98. The van der Waals surface area contributed by atoms with Crippen molar-refractivity contribution in [2.45, 2.75) is 25.3 Å². The molecule has 0 bridgehead atoms. The maximum Gasteiger partial charge on any atom is 0.352 e. The van der Waals surface area contributed by atoms with Gasteiger partial charge in [0.1, 0.15) is 36.6 Å². The summed E-state index contributed by atoms with van der Waals surface area (Å²) in [5, 5.41) is 21.3. The number of nitrogens with one attached hydrogen (secondary N) is 1. The molecule has 0 saturated carbocycles. The van der Waals surface area contributed by atoms with Crippen LogP contribution in [0.1, 0.15) is 19.5 Å². The summed E-state index contributed by atoms with van der Waals surface area (Å²) >= 11 is 2.51. The van der Waals surface area contributed by atoms with E-state index in [1.165, 1.54) is 23.8 Å². The van der Waals surface area contributed by atoms with Crippen molar-refractivity contribution >= 4 is 63.4 Å². The van der Waals surface area contributed by atoms with E-state index < -0.39 is 29.2 Å². The molecule has 14 nitrogen and oxygen atoms in total. The molecule has 1 saturated heterocycles. The van der Waals surface area contributed by atoms with Gasteiger partial charge in [-0.3, -0.25) is 14.5 Å². The molecule has 1 fully saturated rings. The van der Waals surface area contributed by atoms with Gasteiger partial charge in [0.2, 0.25) is 5.96 Å². The van der Waals surface area contributed by atoms with Crippen LogP contribution in [0.15, 0.2) is 43.6 Å². The highest BCUT2D eigenvalue weighted by Crippen LogP contribution is 2.41.